The number of carbonyl (C=O) groups excluding carboxylic acids is 2. The lowest BCUT2D eigenvalue weighted by Gasteiger charge is -2.18. The largest absolute Gasteiger partial charge is 0.507 e. The van der Waals surface area contributed by atoms with E-state index in [1.54, 1.807) is 12.1 Å². The van der Waals surface area contributed by atoms with Crippen molar-refractivity contribution >= 4 is 11.9 Å². The molecule has 1 amide bonds. The molecule has 4 rings (SSSR count). The summed E-state index contributed by atoms with van der Waals surface area (Å²) < 4.78 is 4.92. The van der Waals surface area contributed by atoms with Crippen molar-refractivity contribution in [3.05, 3.63) is 114 Å². The van der Waals surface area contributed by atoms with Gasteiger partial charge in [0, 0.05) is 6.42 Å². The summed E-state index contributed by atoms with van der Waals surface area (Å²) in [5.41, 5.74) is 4.83. The molecular formula is C29H25NO4. The number of nitrogens with one attached hydrogen (secondary N) is 1. The highest BCUT2D eigenvalue weighted by Gasteiger charge is 2.24. The Morgan fingerprint density at radius 3 is 1.88 bits per heavy atom. The third-order valence-electron chi connectivity index (χ3n) is 5.64. The van der Waals surface area contributed by atoms with Crippen molar-refractivity contribution in [2.45, 2.75) is 12.5 Å². The molecule has 0 aliphatic rings. The molecule has 34 heavy (non-hydrogen) atoms. The average Bonchev–Trinajstić information content (AvgIpc) is 2.89. The third-order valence-corrected chi connectivity index (χ3v) is 5.64. The fourth-order valence-electron chi connectivity index (χ4n) is 3.80. The number of phenolic OH excluding ortho intramolecular Hbond substituents is 1. The highest BCUT2D eigenvalue weighted by atomic mass is 16.5. The second-order valence-corrected chi connectivity index (χ2v) is 7.91. The van der Waals surface area contributed by atoms with Crippen LogP contribution in [-0.4, -0.2) is 30.1 Å². The van der Waals surface area contributed by atoms with Gasteiger partial charge in [-0.1, -0.05) is 91.0 Å². The van der Waals surface area contributed by atoms with Gasteiger partial charge in [0.25, 0.3) is 5.91 Å². The highest BCUT2D eigenvalue weighted by Crippen LogP contribution is 2.26. The maximum absolute atomic E-state index is 13.0. The molecule has 0 saturated heterocycles. The van der Waals surface area contributed by atoms with Gasteiger partial charge in [-0.3, -0.25) is 4.79 Å². The summed E-state index contributed by atoms with van der Waals surface area (Å²) in [6, 6.07) is 31.3. The van der Waals surface area contributed by atoms with E-state index in [2.05, 4.69) is 5.32 Å². The van der Waals surface area contributed by atoms with Crippen molar-refractivity contribution in [2.75, 3.05) is 7.11 Å². The summed E-state index contributed by atoms with van der Waals surface area (Å²) in [6.45, 7) is 0. The SMILES string of the molecule is COC(=O)C(Cc1ccc(-c2ccccc2)cc1)NC(=O)c1cc(-c2ccccc2)ccc1O. The van der Waals surface area contributed by atoms with E-state index >= 15 is 0 Å². The number of aromatic hydroxyl groups is 1. The first-order valence-corrected chi connectivity index (χ1v) is 11.0. The van der Waals surface area contributed by atoms with E-state index in [1.807, 2.05) is 84.9 Å². The first-order chi connectivity index (χ1) is 16.5. The zero-order chi connectivity index (χ0) is 23.9. The molecule has 0 aliphatic carbocycles. The Labute approximate surface area is 198 Å². The van der Waals surface area contributed by atoms with E-state index in [-0.39, 0.29) is 17.7 Å². The van der Waals surface area contributed by atoms with Gasteiger partial charge in [0.1, 0.15) is 11.8 Å². The van der Waals surface area contributed by atoms with Crippen molar-refractivity contribution < 1.29 is 19.4 Å². The molecule has 0 fully saturated rings. The van der Waals surface area contributed by atoms with Gasteiger partial charge in [0.05, 0.1) is 12.7 Å². The molecule has 1 unspecified atom stereocenters. The van der Waals surface area contributed by atoms with Crippen LogP contribution in [0.3, 0.4) is 0 Å². The summed E-state index contributed by atoms with van der Waals surface area (Å²) in [5.74, 6) is -1.27. The summed E-state index contributed by atoms with van der Waals surface area (Å²) in [5, 5.41) is 13.0. The van der Waals surface area contributed by atoms with E-state index < -0.39 is 17.9 Å². The van der Waals surface area contributed by atoms with Crippen LogP contribution in [0.4, 0.5) is 0 Å². The van der Waals surface area contributed by atoms with Gasteiger partial charge < -0.3 is 15.2 Å². The van der Waals surface area contributed by atoms with Crippen LogP contribution in [0.1, 0.15) is 15.9 Å². The number of carbonyl (C=O) groups is 2. The zero-order valence-corrected chi connectivity index (χ0v) is 18.8. The molecule has 0 saturated carbocycles. The van der Waals surface area contributed by atoms with Gasteiger partial charge in [-0.15, -0.1) is 0 Å². The van der Waals surface area contributed by atoms with Crippen LogP contribution in [0, 0.1) is 0 Å². The fraction of sp³-hybridized carbons (Fsp3) is 0.103. The number of benzene rings is 4. The van der Waals surface area contributed by atoms with E-state index in [4.69, 9.17) is 4.74 Å². The van der Waals surface area contributed by atoms with Crippen LogP contribution >= 0.6 is 0 Å². The molecule has 2 N–H and O–H groups in total. The molecule has 0 heterocycles. The molecule has 4 aromatic rings. The van der Waals surface area contributed by atoms with Gasteiger partial charge >= 0.3 is 5.97 Å². The Kier molecular flexibility index (Phi) is 7.04. The van der Waals surface area contributed by atoms with E-state index in [1.165, 1.54) is 13.2 Å². The smallest absolute Gasteiger partial charge is 0.328 e. The second-order valence-electron chi connectivity index (χ2n) is 7.91. The number of hydrogen-bond donors (Lipinski definition) is 2. The number of rotatable bonds is 7. The van der Waals surface area contributed by atoms with Gasteiger partial charge in [-0.05, 0) is 39.9 Å². The Bertz CT molecular complexity index is 1270. The van der Waals surface area contributed by atoms with Crippen molar-refractivity contribution in [3.63, 3.8) is 0 Å². The summed E-state index contributed by atoms with van der Waals surface area (Å²) in [7, 11) is 1.29. The molecule has 0 aromatic heterocycles. The topological polar surface area (TPSA) is 75.6 Å². The van der Waals surface area contributed by atoms with Gasteiger partial charge in [-0.25, -0.2) is 4.79 Å². The predicted octanol–water partition coefficient (Wildman–Crippen LogP) is 5.24. The van der Waals surface area contributed by atoms with E-state index in [0.717, 1.165) is 27.8 Å². The first-order valence-electron chi connectivity index (χ1n) is 11.0. The summed E-state index contributed by atoms with van der Waals surface area (Å²) in [4.78, 5) is 25.5. The number of ether oxygens (including phenoxy) is 1. The zero-order valence-electron chi connectivity index (χ0n) is 18.8. The van der Waals surface area contributed by atoms with Crippen LogP contribution in [0.25, 0.3) is 22.3 Å². The molecule has 5 nitrogen and oxygen atoms in total. The van der Waals surface area contributed by atoms with Gasteiger partial charge in [0.2, 0.25) is 0 Å². The number of phenols is 1. The predicted molar refractivity (Wildman–Crippen MR) is 132 cm³/mol. The van der Waals surface area contributed by atoms with Crippen molar-refractivity contribution in [1.29, 1.82) is 0 Å². The van der Waals surface area contributed by atoms with Crippen LogP contribution in [0.2, 0.25) is 0 Å². The average molecular weight is 452 g/mol. The molecule has 1 atom stereocenters. The molecule has 0 aliphatic heterocycles. The molecule has 170 valence electrons. The molecule has 0 bridgehead atoms. The van der Waals surface area contributed by atoms with Gasteiger partial charge in [-0.2, -0.15) is 0 Å². The van der Waals surface area contributed by atoms with Gasteiger partial charge in [0.15, 0.2) is 0 Å². The maximum Gasteiger partial charge on any atom is 0.328 e. The maximum atomic E-state index is 13.0. The normalized spacial score (nSPS) is 11.4. The first kappa shape index (κ1) is 22.8. The Hall–Kier alpha value is -4.38. The number of amides is 1. The third kappa shape index (κ3) is 5.33. The highest BCUT2D eigenvalue weighted by molar-refractivity contribution is 6.00. The minimum Gasteiger partial charge on any atom is -0.507 e. The summed E-state index contributed by atoms with van der Waals surface area (Å²) >= 11 is 0. The molecule has 0 spiro atoms. The second kappa shape index (κ2) is 10.5. The van der Waals surface area contributed by atoms with Crippen molar-refractivity contribution in [3.8, 4) is 28.0 Å². The quantitative estimate of drug-likeness (QED) is 0.377. The Morgan fingerprint density at radius 1 is 0.765 bits per heavy atom. The number of hydrogen-bond acceptors (Lipinski definition) is 4. The molecular weight excluding hydrogens is 426 g/mol. The van der Waals surface area contributed by atoms with Crippen LogP contribution in [0.5, 0.6) is 5.75 Å². The van der Waals surface area contributed by atoms with E-state index in [0.29, 0.717) is 0 Å². The lowest BCUT2D eigenvalue weighted by atomic mass is 9.99. The Morgan fingerprint density at radius 2 is 1.29 bits per heavy atom. The Balaban J connectivity index is 1.53. The van der Waals surface area contributed by atoms with Crippen molar-refractivity contribution in [1.82, 2.24) is 5.32 Å². The minimum atomic E-state index is -0.903. The summed E-state index contributed by atoms with van der Waals surface area (Å²) in [6.07, 6.45) is 0.257. The van der Waals surface area contributed by atoms with Crippen LogP contribution in [0.15, 0.2) is 103 Å². The number of methoxy groups -OCH3 is 1. The molecule has 4 aromatic carbocycles. The fourth-order valence-corrected chi connectivity index (χ4v) is 3.80. The lowest BCUT2D eigenvalue weighted by molar-refractivity contribution is -0.142. The lowest BCUT2D eigenvalue weighted by Crippen LogP contribution is -2.43. The molecule has 0 radical (unpaired) electrons. The van der Waals surface area contributed by atoms with E-state index in [9.17, 15) is 14.7 Å². The monoisotopic (exact) mass is 451 g/mol. The van der Waals surface area contributed by atoms with Crippen LogP contribution in [-0.2, 0) is 16.0 Å². The van der Waals surface area contributed by atoms with Crippen molar-refractivity contribution in [2.24, 2.45) is 0 Å². The molecule has 5 heteroatoms. The minimum absolute atomic E-state index is 0.0923. The standard InChI is InChI=1S/C29H25NO4/c1-34-29(33)26(18-20-12-14-23(15-13-20)21-8-4-2-5-9-21)30-28(32)25-19-24(16-17-27(25)31)22-10-6-3-7-11-22/h2-17,19,26,31H,18H2,1H3,(H,30,32). The number of esters is 1. The van der Waals surface area contributed by atoms with Crippen LogP contribution < -0.4 is 5.32 Å².